The second kappa shape index (κ2) is 7.90. The van der Waals surface area contributed by atoms with Gasteiger partial charge in [-0.05, 0) is 29.6 Å². The predicted octanol–water partition coefficient (Wildman–Crippen LogP) is 2.61. The smallest absolute Gasteiger partial charge is 0.244 e. The zero-order chi connectivity index (χ0) is 18.6. The van der Waals surface area contributed by atoms with E-state index in [1.807, 2.05) is 29.8 Å². The van der Waals surface area contributed by atoms with Crippen molar-refractivity contribution >= 4 is 21.4 Å². The van der Waals surface area contributed by atoms with Crippen molar-refractivity contribution in [2.24, 2.45) is 0 Å². The van der Waals surface area contributed by atoms with Crippen LogP contribution in [0.25, 0.3) is 10.6 Å². The molecule has 3 rings (SSSR count). The van der Waals surface area contributed by atoms with E-state index in [2.05, 4.69) is 9.82 Å². The molecule has 0 aliphatic heterocycles. The molecule has 0 unspecified atom stereocenters. The molecule has 0 spiro atoms. The van der Waals surface area contributed by atoms with Crippen LogP contribution in [0.2, 0.25) is 0 Å². The quantitative estimate of drug-likeness (QED) is 0.636. The molecule has 9 heteroatoms. The number of nitrogens with one attached hydrogen (secondary N) is 1. The van der Waals surface area contributed by atoms with Gasteiger partial charge >= 0.3 is 0 Å². The van der Waals surface area contributed by atoms with Crippen LogP contribution in [0.4, 0.5) is 0 Å². The Kier molecular flexibility index (Phi) is 5.60. The summed E-state index contributed by atoms with van der Waals surface area (Å²) in [5.41, 5.74) is 0.873. The summed E-state index contributed by atoms with van der Waals surface area (Å²) in [6.07, 6.45) is 1.83. The Labute approximate surface area is 156 Å². The van der Waals surface area contributed by atoms with E-state index < -0.39 is 10.0 Å². The van der Waals surface area contributed by atoms with Gasteiger partial charge in [0.05, 0.1) is 25.6 Å². The lowest BCUT2D eigenvalue weighted by Crippen LogP contribution is -2.28. The lowest BCUT2D eigenvalue weighted by molar-refractivity contribution is 0.392. The Bertz CT molecular complexity index is 966. The monoisotopic (exact) mass is 393 g/mol. The first-order valence-corrected chi connectivity index (χ1v) is 10.2. The summed E-state index contributed by atoms with van der Waals surface area (Å²) in [5.74, 6) is 0.705. The number of aromatic nitrogens is 2. The minimum atomic E-state index is -3.74. The highest BCUT2D eigenvalue weighted by Gasteiger charge is 2.20. The molecular formula is C17H19N3O4S2. The fraction of sp³-hybridized carbons (Fsp3) is 0.235. The summed E-state index contributed by atoms with van der Waals surface area (Å²) in [6.45, 7) is 0.616. The molecule has 1 N–H and O–H groups in total. The SMILES string of the molecule is COc1ccc(OC)c(S(=O)(=O)NCCn2ccc(-c3cccs3)n2)c1. The minimum Gasteiger partial charge on any atom is -0.497 e. The van der Waals surface area contributed by atoms with E-state index in [-0.39, 0.29) is 17.2 Å². The van der Waals surface area contributed by atoms with E-state index >= 15 is 0 Å². The summed E-state index contributed by atoms with van der Waals surface area (Å²) >= 11 is 1.61. The van der Waals surface area contributed by atoms with Gasteiger partial charge in [-0.1, -0.05) is 6.07 Å². The van der Waals surface area contributed by atoms with Gasteiger partial charge in [0.1, 0.15) is 22.1 Å². The first-order chi connectivity index (χ1) is 12.5. The van der Waals surface area contributed by atoms with Crippen molar-refractivity contribution in [3.05, 3.63) is 48.0 Å². The van der Waals surface area contributed by atoms with E-state index in [0.717, 1.165) is 10.6 Å². The molecule has 2 heterocycles. The van der Waals surface area contributed by atoms with Crippen molar-refractivity contribution in [1.29, 1.82) is 0 Å². The molecular weight excluding hydrogens is 374 g/mol. The summed E-state index contributed by atoms with van der Waals surface area (Å²) in [7, 11) is -0.828. The fourth-order valence-electron chi connectivity index (χ4n) is 2.41. The van der Waals surface area contributed by atoms with Gasteiger partial charge in [0.15, 0.2) is 0 Å². The number of rotatable bonds is 8. The maximum Gasteiger partial charge on any atom is 0.244 e. The van der Waals surface area contributed by atoms with Crippen molar-refractivity contribution in [3.63, 3.8) is 0 Å². The first kappa shape index (κ1) is 18.4. The molecule has 0 amide bonds. The van der Waals surface area contributed by atoms with Gasteiger partial charge in [-0.15, -0.1) is 11.3 Å². The second-order valence-corrected chi connectivity index (χ2v) is 8.04. The number of methoxy groups -OCH3 is 2. The van der Waals surface area contributed by atoms with Crippen LogP contribution in [-0.2, 0) is 16.6 Å². The minimum absolute atomic E-state index is 0.0408. The third-order valence-corrected chi connectivity index (χ3v) is 6.08. The number of hydrogen-bond acceptors (Lipinski definition) is 6. The molecule has 0 bridgehead atoms. The van der Waals surface area contributed by atoms with E-state index in [4.69, 9.17) is 9.47 Å². The molecule has 0 fully saturated rings. The number of thiophene rings is 1. The number of nitrogens with zero attached hydrogens (tertiary/aromatic N) is 2. The van der Waals surface area contributed by atoms with Gasteiger partial charge in [-0.25, -0.2) is 13.1 Å². The molecule has 0 saturated heterocycles. The van der Waals surface area contributed by atoms with Gasteiger partial charge in [-0.2, -0.15) is 5.10 Å². The summed E-state index contributed by atoms with van der Waals surface area (Å²) < 4.78 is 39.7. The van der Waals surface area contributed by atoms with Crippen LogP contribution >= 0.6 is 11.3 Å². The normalized spacial score (nSPS) is 11.5. The van der Waals surface area contributed by atoms with Gasteiger partial charge in [0.2, 0.25) is 10.0 Å². The van der Waals surface area contributed by atoms with Gasteiger partial charge in [-0.3, -0.25) is 4.68 Å². The topological polar surface area (TPSA) is 82.5 Å². The van der Waals surface area contributed by atoms with Crippen molar-refractivity contribution in [2.75, 3.05) is 20.8 Å². The summed E-state index contributed by atoms with van der Waals surface area (Å²) in [4.78, 5) is 1.12. The Balaban J connectivity index is 1.67. The molecule has 0 aliphatic carbocycles. The van der Waals surface area contributed by atoms with Gasteiger partial charge < -0.3 is 9.47 Å². The standard InChI is InChI=1S/C17H19N3O4S2/c1-23-13-5-6-15(24-2)17(12-13)26(21,22)18-8-10-20-9-7-14(19-20)16-4-3-11-25-16/h3-7,9,11-12,18H,8,10H2,1-2H3. The van der Waals surface area contributed by atoms with Crippen LogP contribution in [0.15, 0.2) is 52.9 Å². The van der Waals surface area contributed by atoms with Crippen molar-refractivity contribution in [1.82, 2.24) is 14.5 Å². The maximum atomic E-state index is 12.6. The highest BCUT2D eigenvalue weighted by atomic mass is 32.2. The van der Waals surface area contributed by atoms with Crippen LogP contribution in [0, 0.1) is 0 Å². The molecule has 1 aromatic carbocycles. The van der Waals surface area contributed by atoms with Crippen molar-refractivity contribution in [3.8, 4) is 22.1 Å². The van der Waals surface area contributed by atoms with Crippen molar-refractivity contribution in [2.45, 2.75) is 11.4 Å². The van der Waals surface area contributed by atoms with E-state index in [1.165, 1.54) is 20.3 Å². The van der Waals surface area contributed by atoms with Crippen LogP contribution in [0.5, 0.6) is 11.5 Å². The Morgan fingerprint density at radius 3 is 2.73 bits per heavy atom. The fourth-order valence-corrected chi connectivity index (χ4v) is 4.30. The Hall–Kier alpha value is -2.36. The van der Waals surface area contributed by atoms with Gasteiger partial charge in [0.25, 0.3) is 0 Å². The highest BCUT2D eigenvalue weighted by molar-refractivity contribution is 7.89. The van der Waals surface area contributed by atoms with E-state index in [1.54, 1.807) is 28.2 Å². The van der Waals surface area contributed by atoms with Crippen molar-refractivity contribution < 1.29 is 17.9 Å². The zero-order valence-corrected chi connectivity index (χ0v) is 16.0. The molecule has 3 aromatic rings. The average molecular weight is 393 g/mol. The molecule has 0 atom stereocenters. The Morgan fingerprint density at radius 2 is 2.04 bits per heavy atom. The number of ether oxygens (including phenoxy) is 2. The average Bonchev–Trinajstić information content (AvgIpc) is 3.32. The predicted molar refractivity (Wildman–Crippen MR) is 100 cm³/mol. The largest absolute Gasteiger partial charge is 0.497 e. The van der Waals surface area contributed by atoms with E-state index in [9.17, 15) is 8.42 Å². The lowest BCUT2D eigenvalue weighted by atomic mass is 10.3. The Morgan fingerprint density at radius 1 is 1.19 bits per heavy atom. The summed E-state index contributed by atoms with van der Waals surface area (Å²) in [5, 5.41) is 6.44. The first-order valence-electron chi connectivity index (χ1n) is 7.82. The van der Waals surface area contributed by atoms with Crippen LogP contribution < -0.4 is 14.2 Å². The number of benzene rings is 1. The maximum absolute atomic E-state index is 12.6. The lowest BCUT2D eigenvalue weighted by Gasteiger charge is -2.12. The molecule has 0 radical (unpaired) electrons. The van der Waals surface area contributed by atoms with E-state index in [0.29, 0.717) is 12.3 Å². The molecule has 26 heavy (non-hydrogen) atoms. The van der Waals surface area contributed by atoms with Gasteiger partial charge in [0, 0.05) is 18.8 Å². The number of sulfonamides is 1. The zero-order valence-electron chi connectivity index (χ0n) is 14.4. The molecule has 138 valence electrons. The van der Waals surface area contributed by atoms with Crippen LogP contribution in [0.1, 0.15) is 0 Å². The van der Waals surface area contributed by atoms with Crippen LogP contribution in [-0.4, -0.2) is 39.0 Å². The molecule has 7 nitrogen and oxygen atoms in total. The molecule has 0 saturated carbocycles. The molecule has 0 aliphatic rings. The third-order valence-electron chi connectivity index (χ3n) is 3.71. The van der Waals surface area contributed by atoms with Crippen LogP contribution in [0.3, 0.4) is 0 Å². The third kappa shape index (κ3) is 4.06. The number of hydrogen-bond donors (Lipinski definition) is 1. The highest BCUT2D eigenvalue weighted by Crippen LogP contribution is 2.28. The summed E-state index contributed by atoms with van der Waals surface area (Å²) in [6, 6.07) is 10.5. The second-order valence-electron chi connectivity index (χ2n) is 5.36. The molecule has 2 aromatic heterocycles.